The van der Waals surface area contributed by atoms with E-state index in [-0.39, 0.29) is 11.2 Å². The first-order valence-electron chi connectivity index (χ1n) is 7.58. The van der Waals surface area contributed by atoms with Gasteiger partial charge in [-0.25, -0.2) is 0 Å². The Morgan fingerprint density at radius 1 is 1.11 bits per heavy atom. The quantitative estimate of drug-likeness (QED) is 0.815. The molecule has 104 valence electrons. The molecular formula is C15H28N2O. The molecule has 3 nitrogen and oxygen atoms in total. The van der Waals surface area contributed by atoms with Gasteiger partial charge in [-0.15, -0.1) is 0 Å². The maximum absolute atomic E-state index is 6.19. The fraction of sp³-hybridized carbons (Fsp3) is 1.00. The van der Waals surface area contributed by atoms with Crippen molar-refractivity contribution in [1.82, 2.24) is 10.2 Å². The van der Waals surface area contributed by atoms with Crippen molar-refractivity contribution in [2.45, 2.75) is 82.7 Å². The van der Waals surface area contributed by atoms with Crippen LogP contribution in [0.25, 0.3) is 0 Å². The summed E-state index contributed by atoms with van der Waals surface area (Å²) in [4.78, 5) is 2.67. The minimum atomic E-state index is -0.0322. The highest BCUT2D eigenvalue weighted by molar-refractivity contribution is 5.04. The zero-order valence-electron chi connectivity index (χ0n) is 12.3. The molecule has 1 N–H and O–H groups in total. The number of ether oxygens (including phenoxy) is 1. The number of rotatable bonds is 2. The Morgan fingerprint density at radius 3 is 2.56 bits per heavy atom. The van der Waals surface area contributed by atoms with E-state index in [4.69, 9.17) is 4.74 Å². The predicted molar refractivity (Wildman–Crippen MR) is 73.8 cm³/mol. The highest BCUT2D eigenvalue weighted by Gasteiger charge is 2.48. The molecule has 0 spiro atoms. The third-order valence-electron chi connectivity index (χ3n) is 5.10. The van der Waals surface area contributed by atoms with Crippen LogP contribution in [0.3, 0.4) is 0 Å². The molecule has 0 amide bonds. The molecule has 3 aliphatic rings. The number of nitrogens with one attached hydrogen (secondary N) is 1. The molecule has 0 bridgehead atoms. The Balaban J connectivity index is 1.66. The topological polar surface area (TPSA) is 24.5 Å². The maximum atomic E-state index is 6.19. The van der Waals surface area contributed by atoms with Gasteiger partial charge in [-0.2, -0.15) is 0 Å². The monoisotopic (exact) mass is 252 g/mol. The van der Waals surface area contributed by atoms with Crippen LogP contribution in [-0.4, -0.2) is 47.3 Å². The minimum absolute atomic E-state index is 0.0230. The highest BCUT2D eigenvalue weighted by atomic mass is 16.5. The van der Waals surface area contributed by atoms with Crippen LogP contribution in [0.15, 0.2) is 0 Å². The van der Waals surface area contributed by atoms with Crippen molar-refractivity contribution in [3.05, 3.63) is 0 Å². The molecular weight excluding hydrogens is 224 g/mol. The molecule has 3 saturated heterocycles. The largest absolute Gasteiger partial charge is 0.368 e. The maximum Gasteiger partial charge on any atom is 0.0787 e. The first-order valence-corrected chi connectivity index (χ1v) is 7.58. The van der Waals surface area contributed by atoms with Crippen molar-refractivity contribution in [3.8, 4) is 0 Å². The normalized spacial score (nSPS) is 42.3. The van der Waals surface area contributed by atoms with Crippen LogP contribution in [0, 0.1) is 0 Å². The number of fused-ring (bicyclic) bond motifs is 1. The summed E-state index contributed by atoms with van der Waals surface area (Å²) < 4.78 is 6.19. The lowest BCUT2D eigenvalue weighted by atomic mass is 9.92. The summed E-state index contributed by atoms with van der Waals surface area (Å²) in [6.45, 7) is 11.5. The van der Waals surface area contributed by atoms with E-state index in [9.17, 15) is 0 Å². The van der Waals surface area contributed by atoms with Crippen LogP contribution in [0.4, 0.5) is 0 Å². The highest BCUT2D eigenvalue weighted by Crippen LogP contribution is 2.38. The van der Waals surface area contributed by atoms with Crippen LogP contribution in [0.1, 0.15) is 53.4 Å². The third-order valence-corrected chi connectivity index (χ3v) is 5.10. The third kappa shape index (κ3) is 2.21. The van der Waals surface area contributed by atoms with Crippen LogP contribution >= 0.6 is 0 Å². The van der Waals surface area contributed by atoms with E-state index in [1.165, 1.54) is 32.4 Å². The van der Waals surface area contributed by atoms with Gasteiger partial charge >= 0.3 is 0 Å². The molecule has 0 aromatic carbocycles. The number of hydrogen-bond acceptors (Lipinski definition) is 3. The molecule has 3 fully saturated rings. The molecule has 18 heavy (non-hydrogen) atoms. The van der Waals surface area contributed by atoms with E-state index in [1.807, 2.05) is 0 Å². The second-order valence-electron chi connectivity index (χ2n) is 7.53. The van der Waals surface area contributed by atoms with Gasteiger partial charge in [-0.1, -0.05) is 0 Å². The Morgan fingerprint density at radius 2 is 1.89 bits per heavy atom. The second kappa shape index (κ2) is 4.19. The van der Waals surface area contributed by atoms with Gasteiger partial charge in [0.2, 0.25) is 0 Å². The van der Waals surface area contributed by atoms with Gasteiger partial charge in [0.1, 0.15) is 0 Å². The number of hydrogen-bond donors (Lipinski definition) is 1. The molecule has 0 aromatic heterocycles. The average molecular weight is 252 g/mol. The summed E-state index contributed by atoms with van der Waals surface area (Å²) in [5.74, 6) is 0. The average Bonchev–Trinajstić information content (AvgIpc) is 2.82. The van der Waals surface area contributed by atoms with Crippen LogP contribution < -0.4 is 5.32 Å². The summed E-state index contributed by atoms with van der Waals surface area (Å²) in [7, 11) is 0. The summed E-state index contributed by atoms with van der Waals surface area (Å²) in [6, 6.07) is 1.98. The van der Waals surface area contributed by atoms with Gasteiger partial charge in [0.15, 0.2) is 0 Å². The Hall–Kier alpha value is -0.120. The first kappa shape index (κ1) is 12.9. The van der Waals surface area contributed by atoms with Crippen LogP contribution in [0.5, 0.6) is 0 Å². The molecule has 3 unspecified atom stereocenters. The van der Waals surface area contributed by atoms with E-state index in [1.54, 1.807) is 0 Å². The van der Waals surface area contributed by atoms with Gasteiger partial charge in [-0.05, 0) is 59.9 Å². The van der Waals surface area contributed by atoms with Crippen molar-refractivity contribution in [3.63, 3.8) is 0 Å². The van der Waals surface area contributed by atoms with Crippen LogP contribution in [-0.2, 0) is 4.74 Å². The lowest BCUT2D eigenvalue weighted by Crippen LogP contribution is -2.51. The molecule has 3 heterocycles. The number of nitrogens with zero attached hydrogens (tertiary/aromatic N) is 1. The summed E-state index contributed by atoms with van der Waals surface area (Å²) in [5, 5.41) is 3.93. The Kier molecular flexibility index (Phi) is 3.00. The molecule has 0 radical (unpaired) electrons. The van der Waals surface area contributed by atoms with Gasteiger partial charge < -0.3 is 10.1 Å². The van der Waals surface area contributed by atoms with Crippen molar-refractivity contribution in [2.75, 3.05) is 13.1 Å². The van der Waals surface area contributed by atoms with E-state index in [2.05, 4.69) is 37.9 Å². The van der Waals surface area contributed by atoms with Gasteiger partial charge in [0, 0.05) is 24.7 Å². The zero-order chi connectivity index (χ0) is 13.0. The molecule has 3 heteroatoms. The minimum Gasteiger partial charge on any atom is -0.368 e. The van der Waals surface area contributed by atoms with Gasteiger partial charge in [-0.3, -0.25) is 4.90 Å². The molecule has 3 rings (SSSR count). The zero-order valence-corrected chi connectivity index (χ0v) is 12.3. The standard InChI is InChI=1S/C15H28N2O/c1-14(2)10-13(15(3,4)18-14)16-11-7-9-17-8-5-6-12(11)17/h11-13,16H,5-10H2,1-4H3. The Bertz CT molecular complexity index is 326. The van der Waals surface area contributed by atoms with E-state index in [0.717, 1.165) is 12.5 Å². The van der Waals surface area contributed by atoms with Crippen molar-refractivity contribution in [1.29, 1.82) is 0 Å². The van der Waals surface area contributed by atoms with E-state index in [0.29, 0.717) is 12.1 Å². The van der Waals surface area contributed by atoms with E-state index < -0.39 is 0 Å². The van der Waals surface area contributed by atoms with Crippen molar-refractivity contribution >= 4 is 0 Å². The summed E-state index contributed by atoms with van der Waals surface area (Å²) in [6.07, 6.45) is 5.22. The fourth-order valence-corrected chi connectivity index (χ4v) is 4.36. The predicted octanol–water partition coefficient (Wildman–Crippen LogP) is 2.16. The van der Waals surface area contributed by atoms with Crippen molar-refractivity contribution < 1.29 is 4.74 Å². The summed E-state index contributed by atoms with van der Waals surface area (Å²) >= 11 is 0. The van der Waals surface area contributed by atoms with Gasteiger partial charge in [0.25, 0.3) is 0 Å². The molecule has 3 aliphatic heterocycles. The Labute approximate surface area is 111 Å². The molecule has 0 saturated carbocycles. The fourth-order valence-electron chi connectivity index (χ4n) is 4.36. The summed E-state index contributed by atoms with van der Waals surface area (Å²) in [5.41, 5.74) is -0.00927. The van der Waals surface area contributed by atoms with Crippen LogP contribution in [0.2, 0.25) is 0 Å². The SMILES string of the molecule is CC1(C)CC(NC2CCN3CCCC23)C(C)(C)O1. The van der Waals surface area contributed by atoms with Crippen molar-refractivity contribution in [2.24, 2.45) is 0 Å². The lowest BCUT2D eigenvalue weighted by molar-refractivity contribution is -0.0705. The van der Waals surface area contributed by atoms with E-state index >= 15 is 0 Å². The molecule has 3 atom stereocenters. The van der Waals surface area contributed by atoms with Gasteiger partial charge in [0.05, 0.1) is 11.2 Å². The smallest absolute Gasteiger partial charge is 0.0787 e. The lowest BCUT2D eigenvalue weighted by Gasteiger charge is -2.32. The second-order valence-corrected chi connectivity index (χ2v) is 7.53. The molecule has 0 aromatic rings. The first-order chi connectivity index (χ1) is 8.37. The molecule has 0 aliphatic carbocycles.